The number of fused-ring (bicyclic) bond motifs is 1. The Balaban J connectivity index is 1.79. The van der Waals surface area contributed by atoms with Crippen LogP contribution in [0.25, 0.3) is 22.0 Å². The van der Waals surface area contributed by atoms with E-state index in [0.29, 0.717) is 23.9 Å². The van der Waals surface area contributed by atoms with Gasteiger partial charge in [0.25, 0.3) is 0 Å². The summed E-state index contributed by atoms with van der Waals surface area (Å²) in [5.41, 5.74) is 1.51. The van der Waals surface area contributed by atoms with Crippen LogP contribution >= 0.6 is 11.8 Å². The minimum Gasteiger partial charge on any atom is -0.355 e. The molecule has 140 valence electrons. The summed E-state index contributed by atoms with van der Waals surface area (Å²) < 4.78 is 13.2. The molecule has 4 nitrogen and oxygen atoms in total. The maximum atomic E-state index is 13.2. The van der Waals surface area contributed by atoms with Crippen molar-refractivity contribution >= 4 is 28.4 Å². The lowest BCUT2D eigenvalue weighted by atomic mass is 10.1. The summed E-state index contributed by atoms with van der Waals surface area (Å²) >= 11 is 1.38. The number of hydrogen-bond acceptors (Lipinski definition) is 4. The van der Waals surface area contributed by atoms with E-state index >= 15 is 0 Å². The Morgan fingerprint density at radius 2 is 1.78 bits per heavy atom. The van der Waals surface area contributed by atoms with Gasteiger partial charge in [-0.1, -0.05) is 49.9 Å². The van der Waals surface area contributed by atoms with Crippen LogP contribution in [0.4, 0.5) is 4.39 Å². The third kappa shape index (κ3) is 5.04. The van der Waals surface area contributed by atoms with E-state index in [0.717, 1.165) is 27.8 Å². The van der Waals surface area contributed by atoms with Crippen molar-refractivity contribution < 1.29 is 9.18 Å². The van der Waals surface area contributed by atoms with Crippen molar-refractivity contribution in [3.8, 4) is 11.3 Å². The third-order valence-corrected chi connectivity index (χ3v) is 5.14. The van der Waals surface area contributed by atoms with Crippen LogP contribution in [0.3, 0.4) is 0 Å². The van der Waals surface area contributed by atoms with Gasteiger partial charge < -0.3 is 5.32 Å². The Morgan fingerprint density at radius 3 is 2.48 bits per heavy atom. The number of rotatable bonds is 7. The molecular weight excluding hydrogens is 361 g/mol. The van der Waals surface area contributed by atoms with Crippen LogP contribution in [-0.2, 0) is 4.79 Å². The first-order valence-electron chi connectivity index (χ1n) is 8.95. The summed E-state index contributed by atoms with van der Waals surface area (Å²) in [5.74, 6) is 0.569. The summed E-state index contributed by atoms with van der Waals surface area (Å²) in [6.45, 7) is 4.95. The summed E-state index contributed by atoms with van der Waals surface area (Å²) in [4.78, 5) is 12.0. The number of thioether (sulfide) groups is 1. The molecule has 6 heteroatoms. The first-order chi connectivity index (χ1) is 13.0. The lowest BCUT2D eigenvalue weighted by molar-refractivity contribution is -0.118. The molecule has 0 unspecified atom stereocenters. The highest BCUT2D eigenvalue weighted by Gasteiger charge is 2.13. The van der Waals surface area contributed by atoms with E-state index in [1.165, 1.54) is 23.9 Å². The molecule has 1 aromatic heterocycles. The van der Waals surface area contributed by atoms with Crippen molar-refractivity contribution in [1.82, 2.24) is 15.5 Å². The van der Waals surface area contributed by atoms with Gasteiger partial charge in [0.1, 0.15) is 16.5 Å². The van der Waals surface area contributed by atoms with Crippen LogP contribution < -0.4 is 5.32 Å². The van der Waals surface area contributed by atoms with E-state index in [-0.39, 0.29) is 11.7 Å². The van der Waals surface area contributed by atoms with Crippen LogP contribution in [0.5, 0.6) is 0 Å². The highest BCUT2D eigenvalue weighted by atomic mass is 32.2. The number of amides is 1. The molecule has 0 bridgehead atoms. The van der Waals surface area contributed by atoms with Gasteiger partial charge in [-0.15, -0.1) is 10.2 Å². The van der Waals surface area contributed by atoms with Crippen LogP contribution in [0.15, 0.2) is 53.6 Å². The van der Waals surface area contributed by atoms with Crippen molar-refractivity contribution in [2.75, 3.05) is 12.3 Å². The number of benzene rings is 2. The molecule has 0 aliphatic heterocycles. The average Bonchev–Trinajstić information content (AvgIpc) is 2.66. The predicted octanol–water partition coefficient (Wildman–Crippen LogP) is 4.69. The Morgan fingerprint density at radius 1 is 1.07 bits per heavy atom. The highest BCUT2D eigenvalue weighted by Crippen LogP contribution is 2.31. The first kappa shape index (κ1) is 19.3. The quantitative estimate of drug-likeness (QED) is 0.602. The van der Waals surface area contributed by atoms with Crippen molar-refractivity contribution in [3.63, 3.8) is 0 Å². The van der Waals surface area contributed by atoms with Crippen LogP contribution in [0.1, 0.15) is 20.3 Å². The second-order valence-corrected chi connectivity index (χ2v) is 7.69. The van der Waals surface area contributed by atoms with Gasteiger partial charge in [-0.25, -0.2) is 4.39 Å². The zero-order valence-electron chi connectivity index (χ0n) is 15.4. The molecule has 0 aliphatic rings. The number of hydrogen-bond donors (Lipinski definition) is 1. The molecule has 0 spiro atoms. The van der Waals surface area contributed by atoms with Gasteiger partial charge in [-0.2, -0.15) is 0 Å². The molecule has 3 rings (SSSR count). The molecule has 0 saturated heterocycles. The monoisotopic (exact) mass is 383 g/mol. The third-order valence-electron chi connectivity index (χ3n) is 4.15. The summed E-state index contributed by atoms with van der Waals surface area (Å²) in [6.07, 6.45) is 0.964. The van der Waals surface area contributed by atoms with Gasteiger partial charge in [-0.3, -0.25) is 4.79 Å². The maximum Gasteiger partial charge on any atom is 0.230 e. The number of carbonyl (C=O) groups is 1. The van der Waals surface area contributed by atoms with E-state index in [9.17, 15) is 9.18 Å². The van der Waals surface area contributed by atoms with Crippen molar-refractivity contribution in [2.24, 2.45) is 5.92 Å². The van der Waals surface area contributed by atoms with Gasteiger partial charge in [0, 0.05) is 22.9 Å². The highest BCUT2D eigenvalue weighted by molar-refractivity contribution is 8.00. The molecule has 27 heavy (non-hydrogen) atoms. The van der Waals surface area contributed by atoms with Gasteiger partial charge in [0.15, 0.2) is 0 Å². The van der Waals surface area contributed by atoms with Gasteiger partial charge in [0.2, 0.25) is 5.91 Å². The Bertz CT molecular complexity index is 928. The average molecular weight is 383 g/mol. The van der Waals surface area contributed by atoms with Gasteiger partial charge >= 0.3 is 0 Å². The second-order valence-electron chi connectivity index (χ2n) is 6.73. The molecule has 3 aromatic rings. The molecule has 1 amide bonds. The number of carbonyl (C=O) groups excluding carboxylic acids is 1. The van der Waals surface area contributed by atoms with E-state index < -0.39 is 0 Å². The van der Waals surface area contributed by atoms with E-state index in [2.05, 4.69) is 29.4 Å². The van der Waals surface area contributed by atoms with Crippen LogP contribution in [0, 0.1) is 11.7 Å². The first-order valence-corrected chi connectivity index (χ1v) is 9.94. The standard InChI is InChI=1S/C21H22FN3OS/c1-14(2)11-12-23-19(26)13-27-21-18-6-4-3-5-17(18)20(24-25-21)15-7-9-16(22)10-8-15/h3-10,14H,11-13H2,1-2H3,(H,23,26). The smallest absolute Gasteiger partial charge is 0.230 e. The minimum absolute atomic E-state index is 0.00542. The number of aromatic nitrogens is 2. The summed E-state index contributed by atoms with van der Waals surface area (Å²) in [7, 11) is 0. The van der Waals surface area contributed by atoms with Crippen LogP contribution in [0.2, 0.25) is 0 Å². The number of halogens is 1. The zero-order valence-corrected chi connectivity index (χ0v) is 16.2. The van der Waals surface area contributed by atoms with E-state index in [1.807, 2.05) is 24.3 Å². The summed E-state index contributed by atoms with van der Waals surface area (Å²) in [5, 5.41) is 14.2. The molecule has 2 aromatic carbocycles. The lowest BCUT2D eigenvalue weighted by Crippen LogP contribution is -2.26. The lowest BCUT2D eigenvalue weighted by Gasteiger charge is -2.10. The second kappa shape index (κ2) is 8.95. The maximum absolute atomic E-state index is 13.2. The SMILES string of the molecule is CC(C)CCNC(=O)CSc1nnc(-c2ccc(F)cc2)c2ccccc12. The van der Waals surface area contributed by atoms with Crippen molar-refractivity contribution in [1.29, 1.82) is 0 Å². The van der Waals surface area contributed by atoms with Crippen LogP contribution in [-0.4, -0.2) is 28.4 Å². The number of nitrogens with zero attached hydrogens (tertiary/aromatic N) is 2. The largest absolute Gasteiger partial charge is 0.355 e. The minimum atomic E-state index is -0.285. The molecule has 1 N–H and O–H groups in total. The zero-order chi connectivity index (χ0) is 19.2. The fourth-order valence-electron chi connectivity index (χ4n) is 2.69. The Kier molecular flexibility index (Phi) is 6.40. The summed E-state index contributed by atoms with van der Waals surface area (Å²) in [6, 6.07) is 14.0. The fraction of sp³-hybridized carbons (Fsp3) is 0.286. The molecule has 0 atom stereocenters. The number of nitrogens with one attached hydrogen (secondary N) is 1. The molecule has 0 saturated carbocycles. The molecule has 0 radical (unpaired) electrons. The fourth-order valence-corrected chi connectivity index (χ4v) is 3.49. The predicted molar refractivity (Wildman–Crippen MR) is 108 cm³/mol. The van der Waals surface area contributed by atoms with Crippen molar-refractivity contribution in [2.45, 2.75) is 25.3 Å². The normalized spacial score (nSPS) is 11.1. The Hall–Kier alpha value is -2.47. The van der Waals surface area contributed by atoms with E-state index in [1.54, 1.807) is 12.1 Å². The van der Waals surface area contributed by atoms with E-state index in [4.69, 9.17) is 0 Å². The topological polar surface area (TPSA) is 54.9 Å². The van der Waals surface area contributed by atoms with Crippen molar-refractivity contribution in [3.05, 3.63) is 54.3 Å². The molecule has 0 aliphatic carbocycles. The van der Waals surface area contributed by atoms with Gasteiger partial charge in [-0.05, 0) is 36.6 Å². The Labute approximate surface area is 162 Å². The molecule has 1 heterocycles. The molecular formula is C21H22FN3OS. The molecule has 0 fully saturated rings. The van der Waals surface area contributed by atoms with Gasteiger partial charge in [0.05, 0.1) is 5.75 Å².